The summed E-state index contributed by atoms with van der Waals surface area (Å²) in [4.78, 5) is 15.6. The Hall–Kier alpha value is -1.46. The smallest absolute Gasteiger partial charge is 0.257 e. The molecule has 0 saturated heterocycles. The normalized spacial score (nSPS) is 10.5. The molecule has 2 aromatic rings. The molecule has 0 aliphatic carbocycles. The molecule has 2 rings (SSSR count). The first-order chi connectivity index (χ1) is 8.69. The highest BCUT2D eigenvalue weighted by Gasteiger charge is 2.09. The lowest BCUT2D eigenvalue weighted by molar-refractivity contribution is -0.118. The molecule has 94 valence electrons. The van der Waals surface area contributed by atoms with Gasteiger partial charge in [-0.2, -0.15) is 0 Å². The molecule has 1 aromatic carbocycles. The van der Waals surface area contributed by atoms with Gasteiger partial charge in [0.15, 0.2) is 5.58 Å². The van der Waals surface area contributed by atoms with Gasteiger partial charge in [0, 0.05) is 11.6 Å². The van der Waals surface area contributed by atoms with Gasteiger partial charge in [-0.3, -0.25) is 4.79 Å². The largest absolute Gasteiger partial charge is 0.431 e. The summed E-state index contributed by atoms with van der Waals surface area (Å²) < 4.78 is 5.47. The number of halogens is 1. The maximum absolute atomic E-state index is 11.4. The number of amides is 1. The van der Waals surface area contributed by atoms with Gasteiger partial charge in [0.2, 0.25) is 5.91 Å². The van der Waals surface area contributed by atoms with E-state index in [2.05, 4.69) is 16.9 Å². The van der Waals surface area contributed by atoms with Gasteiger partial charge >= 0.3 is 0 Å². The Morgan fingerprint density at radius 2 is 2.44 bits per heavy atom. The van der Waals surface area contributed by atoms with Crippen molar-refractivity contribution in [3.8, 4) is 0 Å². The molecule has 18 heavy (non-hydrogen) atoms. The van der Waals surface area contributed by atoms with Gasteiger partial charge in [0.05, 0.1) is 5.75 Å². The van der Waals surface area contributed by atoms with E-state index in [4.69, 9.17) is 16.0 Å². The van der Waals surface area contributed by atoms with Crippen LogP contribution in [0.4, 0.5) is 0 Å². The molecule has 0 spiro atoms. The standard InChI is InChI=1S/C12H11ClN2O2S/c1-2-5-14-11(16)7-18-12-15-9-6-8(13)3-4-10(9)17-12/h2-4,6H,1,5,7H2,(H,14,16). The minimum absolute atomic E-state index is 0.0832. The van der Waals surface area contributed by atoms with Crippen molar-refractivity contribution < 1.29 is 9.21 Å². The molecule has 0 radical (unpaired) electrons. The first-order valence-corrected chi connectivity index (χ1v) is 6.62. The molecule has 1 heterocycles. The highest BCUT2D eigenvalue weighted by molar-refractivity contribution is 7.99. The average molecular weight is 283 g/mol. The zero-order valence-corrected chi connectivity index (χ0v) is 11.1. The summed E-state index contributed by atoms with van der Waals surface area (Å²) >= 11 is 7.09. The predicted molar refractivity (Wildman–Crippen MR) is 72.9 cm³/mol. The molecule has 0 aliphatic rings. The molecular weight excluding hydrogens is 272 g/mol. The Bertz CT molecular complexity index is 582. The van der Waals surface area contributed by atoms with Crippen molar-refractivity contribution in [1.29, 1.82) is 0 Å². The van der Waals surface area contributed by atoms with Crippen LogP contribution in [0.3, 0.4) is 0 Å². The van der Waals surface area contributed by atoms with Gasteiger partial charge in [0.1, 0.15) is 5.52 Å². The van der Waals surface area contributed by atoms with Crippen LogP contribution in [0, 0.1) is 0 Å². The Morgan fingerprint density at radius 3 is 3.22 bits per heavy atom. The van der Waals surface area contributed by atoms with E-state index in [-0.39, 0.29) is 11.7 Å². The molecule has 0 fully saturated rings. The van der Waals surface area contributed by atoms with Crippen LogP contribution in [0.1, 0.15) is 0 Å². The lowest BCUT2D eigenvalue weighted by atomic mass is 10.3. The van der Waals surface area contributed by atoms with Gasteiger partial charge in [-0.25, -0.2) is 4.98 Å². The van der Waals surface area contributed by atoms with E-state index in [0.29, 0.717) is 27.9 Å². The van der Waals surface area contributed by atoms with E-state index in [1.54, 1.807) is 24.3 Å². The third-order valence-corrected chi connectivity index (χ3v) is 3.16. The molecule has 0 unspecified atom stereocenters. The number of hydrogen-bond donors (Lipinski definition) is 1. The quantitative estimate of drug-likeness (QED) is 0.677. The number of rotatable bonds is 5. The lowest BCUT2D eigenvalue weighted by Gasteiger charge is -1.98. The van der Waals surface area contributed by atoms with Crippen molar-refractivity contribution in [2.45, 2.75) is 5.22 Å². The zero-order valence-electron chi connectivity index (χ0n) is 9.48. The van der Waals surface area contributed by atoms with Crippen LogP contribution in [-0.4, -0.2) is 23.2 Å². The number of oxazole rings is 1. The molecule has 0 aliphatic heterocycles. The highest BCUT2D eigenvalue weighted by Crippen LogP contribution is 2.25. The molecule has 6 heteroatoms. The summed E-state index contributed by atoms with van der Waals surface area (Å²) in [7, 11) is 0. The minimum Gasteiger partial charge on any atom is -0.431 e. The molecule has 1 amide bonds. The number of hydrogen-bond acceptors (Lipinski definition) is 4. The number of thioether (sulfide) groups is 1. The molecule has 0 saturated carbocycles. The molecule has 4 nitrogen and oxygen atoms in total. The lowest BCUT2D eigenvalue weighted by Crippen LogP contribution is -2.24. The van der Waals surface area contributed by atoms with Gasteiger partial charge < -0.3 is 9.73 Å². The second kappa shape index (κ2) is 5.93. The Morgan fingerprint density at radius 1 is 1.61 bits per heavy atom. The maximum atomic E-state index is 11.4. The number of nitrogens with zero attached hydrogens (tertiary/aromatic N) is 1. The summed E-state index contributed by atoms with van der Waals surface area (Å²) in [6.07, 6.45) is 1.63. The van der Waals surface area contributed by atoms with Crippen LogP contribution in [0.15, 0.2) is 40.5 Å². The SMILES string of the molecule is C=CCNC(=O)CSc1nc2cc(Cl)ccc2o1. The first-order valence-electron chi connectivity index (χ1n) is 5.25. The van der Waals surface area contributed by atoms with Gasteiger partial charge in [-0.15, -0.1) is 6.58 Å². The fraction of sp³-hybridized carbons (Fsp3) is 0.167. The van der Waals surface area contributed by atoms with E-state index in [1.807, 2.05) is 0 Å². The fourth-order valence-electron chi connectivity index (χ4n) is 1.31. The summed E-state index contributed by atoms with van der Waals surface area (Å²) in [5.41, 5.74) is 1.35. The van der Waals surface area contributed by atoms with Crippen LogP contribution >= 0.6 is 23.4 Å². The van der Waals surface area contributed by atoms with E-state index in [0.717, 1.165) is 0 Å². The Labute approximate surface area is 113 Å². The molecule has 0 atom stereocenters. The second-order valence-electron chi connectivity index (χ2n) is 3.47. The van der Waals surface area contributed by atoms with Crippen molar-refractivity contribution >= 4 is 40.4 Å². The molecule has 0 bridgehead atoms. The number of fused-ring (bicyclic) bond motifs is 1. The van der Waals surface area contributed by atoms with Crippen LogP contribution in [0.5, 0.6) is 0 Å². The van der Waals surface area contributed by atoms with E-state index < -0.39 is 0 Å². The van der Waals surface area contributed by atoms with Crippen LogP contribution in [0.25, 0.3) is 11.1 Å². The topological polar surface area (TPSA) is 55.1 Å². The molecule has 1 aromatic heterocycles. The highest BCUT2D eigenvalue weighted by atomic mass is 35.5. The third kappa shape index (κ3) is 3.27. The van der Waals surface area contributed by atoms with Gasteiger partial charge in [-0.05, 0) is 18.2 Å². The number of carbonyl (C=O) groups is 1. The summed E-state index contributed by atoms with van der Waals surface area (Å²) in [6, 6.07) is 5.22. The van der Waals surface area contributed by atoms with Gasteiger partial charge in [-0.1, -0.05) is 29.4 Å². The van der Waals surface area contributed by atoms with Crippen molar-refractivity contribution in [2.24, 2.45) is 0 Å². The van der Waals surface area contributed by atoms with Crippen molar-refractivity contribution in [3.05, 3.63) is 35.9 Å². The number of nitrogens with one attached hydrogen (secondary N) is 1. The Balaban J connectivity index is 1.99. The van der Waals surface area contributed by atoms with Crippen LogP contribution in [-0.2, 0) is 4.79 Å². The van der Waals surface area contributed by atoms with Crippen molar-refractivity contribution in [3.63, 3.8) is 0 Å². The van der Waals surface area contributed by atoms with Crippen LogP contribution < -0.4 is 5.32 Å². The monoisotopic (exact) mass is 282 g/mol. The number of aromatic nitrogens is 1. The predicted octanol–water partition coefficient (Wildman–Crippen LogP) is 2.88. The summed E-state index contributed by atoms with van der Waals surface area (Å²) in [6.45, 7) is 3.98. The van der Waals surface area contributed by atoms with Crippen molar-refractivity contribution in [2.75, 3.05) is 12.3 Å². The van der Waals surface area contributed by atoms with Crippen molar-refractivity contribution in [1.82, 2.24) is 10.3 Å². The van der Waals surface area contributed by atoms with E-state index in [9.17, 15) is 4.79 Å². The van der Waals surface area contributed by atoms with E-state index >= 15 is 0 Å². The summed E-state index contributed by atoms with van der Waals surface area (Å²) in [5, 5.41) is 3.74. The third-order valence-electron chi connectivity index (χ3n) is 2.10. The zero-order chi connectivity index (χ0) is 13.0. The minimum atomic E-state index is -0.0832. The van der Waals surface area contributed by atoms with Gasteiger partial charge in [0.25, 0.3) is 5.22 Å². The van der Waals surface area contributed by atoms with E-state index in [1.165, 1.54) is 11.8 Å². The maximum Gasteiger partial charge on any atom is 0.257 e. The second-order valence-corrected chi connectivity index (χ2v) is 4.84. The Kier molecular flexibility index (Phi) is 4.28. The first kappa shape index (κ1) is 13.0. The fourth-order valence-corrected chi connectivity index (χ4v) is 2.14. The molecule has 1 N–H and O–H groups in total. The number of benzene rings is 1. The number of carbonyl (C=O) groups excluding carboxylic acids is 1. The summed E-state index contributed by atoms with van der Waals surface area (Å²) in [5.74, 6) is 0.175. The average Bonchev–Trinajstić information content (AvgIpc) is 2.75. The molecular formula is C12H11ClN2O2S. The van der Waals surface area contributed by atoms with Crippen LogP contribution in [0.2, 0.25) is 5.02 Å².